The first-order valence-corrected chi connectivity index (χ1v) is 9.58. The Morgan fingerprint density at radius 1 is 1.00 bits per heavy atom. The molecular weight excluding hydrogens is 292 g/mol. The van der Waals surface area contributed by atoms with E-state index in [1.807, 2.05) is 0 Å². The van der Waals surface area contributed by atoms with Crippen LogP contribution in [-0.2, 0) is 19.6 Å². The van der Waals surface area contributed by atoms with Gasteiger partial charge in [0.05, 0.1) is 0 Å². The topological polar surface area (TPSA) is 80.7 Å². The van der Waals surface area contributed by atoms with E-state index in [2.05, 4.69) is 6.92 Å². The van der Waals surface area contributed by atoms with Crippen LogP contribution < -0.4 is 0 Å². The molecule has 0 amide bonds. The Kier molecular flexibility index (Phi) is 11.6. The van der Waals surface area contributed by atoms with E-state index in [0.717, 1.165) is 19.3 Å². The molecule has 0 rings (SSSR count). The van der Waals surface area contributed by atoms with E-state index in [4.69, 9.17) is 9.29 Å². The first-order valence-electron chi connectivity index (χ1n) is 7.97. The molecule has 0 spiro atoms. The second kappa shape index (κ2) is 12.0. The summed E-state index contributed by atoms with van der Waals surface area (Å²) in [7, 11) is -4.11. The molecule has 6 heteroatoms. The van der Waals surface area contributed by atoms with Crippen molar-refractivity contribution in [3.05, 3.63) is 0 Å². The zero-order valence-electron chi connectivity index (χ0n) is 13.3. The Labute approximate surface area is 129 Å². The number of esters is 1. The van der Waals surface area contributed by atoms with Crippen LogP contribution >= 0.6 is 0 Å². The van der Waals surface area contributed by atoms with Gasteiger partial charge in [0.1, 0.15) is 11.9 Å². The van der Waals surface area contributed by atoms with Crippen LogP contribution in [0.4, 0.5) is 0 Å². The Morgan fingerprint density at radius 3 is 1.90 bits per heavy atom. The van der Waals surface area contributed by atoms with Crippen molar-refractivity contribution >= 4 is 16.1 Å². The van der Waals surface area contributed by atoms with Crippen LogP contribution in [0.1, 0.15) is 78.1 Å². The Hall–Kier alpha value is -0.620. The SMILES string of the molecule is CCCCCCCCCCCC(CS(=O)(=O)O)OC(C)=O. The van der Waals surface area contributed by atoms with Crippen molar-refractivity contribution < 1.29 is 22.5 Å². The number of carbonyl (C=O) groups is 1. The highest BCUT2D eigenvalue weighted by molar-refractivity contribution is 7.85. The van der Waals surface area contributed by atoms with Gasteiger partial charge in [-0.25, -0.2) is 0 Å². The average Bonchev–Trinajstić information content (AvgIpc) is 2.34. The molecule has 126 valence electrons. The monoisotopic (exact) mass is 322 g/mol. The summed E-state index contributed by atoms with van der Waals surface area (Å²) in [5.74, 6) is -1.02. The molecule has 0 fully saturated rings. The van der Waals surface area contributed by atoms with Gasteiger partial charge >= 0.3 is 5.97 Å². The van der Waals surface area contributed by atoms with E-state index in [0.29, 0.717) is 6.42 Å². The molecule has 1 unspecified atom stereocenters. The third kappa shape index (κ3) is 15.6. The first kappa shape index (κ1) is 20.4. The van der Waals surface area contributed by atoms with Gasteiger partial charge in [-0.15, -0.1) is 0 Å². The molecule has 0 bridgehead atoms. The highest BCUT2D eigenvalue weighted by Crippen LogP contribution is 2.13. The molecule has 5 nitrogen and oxygen atoms in total. The molecule has 0 radical (unpaired) electrons. The second-order valence-electron chi connectivity index (χ2n) is 5.60. The quantitative estimate of drug-likeness (QED) is 0.317. The number of hydrogen-bond donors (Lipinski definition) is 1. The van der Waals surface area contributed by atoms with E-state index in [1.54, 1.807) is 0 Å². The number of hydrogen-bond acceptors (Lipinski definition) is 4. The molecule has 0 aromatic carbocycles. The van der Waals surface area contributed by atoms with Gasteiger partial charge in [0, 0.05) is 6.92 Å². The van der Waals surface area contributed by atoms with E-state index >= 15 is 0 Å². The zero-order valence-corrected chi connectivity index (χ0v) is 14.2. The molecule has 0 aliphatic heterocycles. The summed E-state index contributed by atoms with van der Waals surface area (Å²) in [6, 6.07) is 0. The van der Waals surface area contributed by atoms with Crippen LogP contribution in [0.5, 0.6) is 0 Å². The normalized spacial score (nSPS) is 13.1. The van der Waals surface area contributed by atoms with Crippen molar-refractivity contribution in [3.8, 4) is 0 Å². The second-order valence-corrected chi connectivity index (χ2v) is 7.09. The predicted octanol–water partition coefficient (Wildman–Crippen LogP) is 3.73. The molecule has 0 aromatic rings. The van der Waals surface area contributed by atoms with Crippen molar-refractivity contribution in [1.82, 2.24) is 0 Å². The molecule has 0 saturated heterocycles. The van der Waals surface area contributed by atoms with E-state index in [-0.39, 0.29) is 0 Å². The fraction of sp³-hybridized carbons (Fsp3) is 0.933. The standard InChI is InChI=1S/C15H30O5S/c1-3-4-5-6-7-8-9-10-11-12-15(20-14(2)16)13-21(17,18)19/h15H,3-13H2,1-2H3,(H,17,18,19). The molecular formula is C15H30O5S. The van der Waals surface area contributed by atoms with Gasteiger partial charge in [0.2, 0.25) is 0 Å². The van der Waals surface area contributed by atoms with Crippen molar-refractivity contribution in [3.63, 3.8) is 0 Å². The molecule has 1 N–H and O–H groups in total. The fourth-order valence-corrected chi connectivity index (χ4v) is 3.03. The van der Waals surface area contributed by atoms with Crippen molar-refractivity contribution in [1.29, 1.82) is 0 Å². The average molecular weight is 322 g/mol. The van der Waals surface area contributed by atoms with Crippen molar-refractivity contribution in [2.24, 2.45) is 0 Å². The van der Waals surface area contributed by atoms with Crippen LogP contribution in [0, 0.1) is 0 Å². The van der Waals surface area contributed by atoms with Crippen LogP contribution in [0.25, 0.3) is 0 Å². The minimum Gasteiger partial charge on any atom is -0.461 e. The number of carbonyl (C=O) groups excluding carboxylic acids is 1. The van der Waals surface area contributed by atoms with Crippen LogP contribution in [-0.4, -0.2) is 30.8 Å². The number of rotatable bonds is 13. The lowest BCUT2D eigenvalue weighted by Crippen LogP contribution is -2.25. The third-order valence-electron chi connectivity index (χ3n) is 3.36. The highest BCUT2D eigenvalue weighted by Gasteiger charge is 2.19. The maximum atomic E-state index is 10.9. The first-order chi connectivity index (χ1) is 9.85. The third-order valence-corrected chi connectivity index (χ3v) is 4.15. The van der Waals surface area contributed by atoms with Crippen LogP contribution in [0.3, 0.4) is 0 Å². The predicted molar refractivity (Wildman–Crippen MR) is 83.8 cm³/mol. The van der Waals surface area contributed by atoms with Gasteiger partial charge < -0.3 is 4.74 Å². The fourth-order valence-electron chi connectivity index (χ4n) is 2.33. The highest BCUT2D eigenvalue weighted by atomic mass is 32.2. The molecule has 0 saturated carbocycles. The summed E-state index contributed by atoms with van der Waals surface area (Å²) in [6.45, 7) is 3.44. The van der Waals surface area contributed by atoms with Gasteiger partial charge in [-0.3, -0.25) is 9.35 Å². The van der Waals surface area contributed by atoms with E-state index in [9.17, 15) is 13.2 Å². The van der Waals surface area contributed by atoms with E-state index < -0.39 is 27.9 Å². The minimum absolute atomic E-state index is 0.481. The molecule has 21 heavy (non-hydrogen) atoms. The lowest BCUT2D eigenvalue weighted by molar-refractivity contribution is -0.145. The summed E-state index contributed by atoms with van der Waals surface area (Å²) in [5.41, 5.74) is 0. The molecule has 0 aliphatic carbocycles. The van der Waals surface area contributed by atoms with Crippen molar-refractivity contribution in [2.75, 3.05) is 5.75 Å². The van der Waals surface area contributed by atoms with E-state index in [1.165, 1.54) is 45.4 Å². The molecule has 1 atom stereocenters. The van der Waals surface area contributed by atoms with Gasteiger partial charge in [0.15, 0.2) is 0 Å². The maximum absolute atomic E-state index is 10.9. The Balaban J connectivity index is 3.71. The smallest absolute Gasteiger partial charge is 0.302 e. The minimum atomic E-state index is -4.11. The Morgan fingerprint density at radius 2 is 1.48 bits per heavy atom. The zero-order chi connectivity index (χ0) is 16.1. The van der Waals surface area contributed by atoms with Crippen LogP contribution in [0.2, 0.25) is 0 Å². The molecule has 0 aromatic heterocycles. The van der Waals surface area contributed by atoms with Gasteiger partial charge in [-0.1, -0.05) is 58.3 Å². The summed E-state index contributed by atoms with van der Waals surface area (Å²) >= 11 is 0. The lowest BCUT2D eigenvalue weighted by Gasteiger charge is -2.15. The Bertz CT molecular complexity index is 364. The molecule has 0 aliphatic rings. The van der Waals surface area contributed by atoms with Gasteiger partial charge in [-0.2, -0.15) is 8.42 Å². The summed E-state index contributed by atoms with van der Waals surface area (Å²) < 4.78 is 35.4. The maximum Gasteiger partial charge on any atom is 0.302 e. The summed E-state index contributed by atoms with van der Waals surface area (Å²) in [5, 5.41) is 0. The van der Waals surface area contributed by atoms with Crippen LogP contribution in [0.15, 0.2) is 0 Å². The summed E-state index contributed by atoms with van der Waals surface area (Å²) in [4.78, 5) is 10.9. The largest absolute Gasteiger partial charge is 0.461 e. The number of ether oxygens (including phenoxy) is 1. The number of unbranched alkanes of at least 4 members (excludes halogenated alkanes) is 8. The van der Waals surface area contributed by atoms with Gasteiger partial charge in [0.25, 0.3) is 10.1 Å². The van der Waals surface area contributed by atoms with Crippen molar-refractivity contribution in [2.45, 2.75) is 84.2 Å². The summed E-state index contributed by atoms with van der Waals surface area (Å²) in [6.07, 6.45) is 10.3. The molecule has 0 heterocycles. The lowest BCUT2D eigenvalue weighted by atomic mass is 10.1. The van der Waals surface area contributed by atoms with Gasteiger partial charge in [-0.05, 0) is 12.8 Å².